The van der Waals surface area contributed by atoms with E-state index < -0.39 is 33.9 Å². The third kappa shape index (κ3) is 7.50. The van der Waals surface area contributed by atoms with Crippen LogP contribution in [0.3, 0.4) is 0 Å². The molecular weight excluding hydrogens is 608 g/mol. The topological polar surface area (TPSA) is 148 Å². The van der Waals surface area contributed by atoms with Crippen LogP contribution in [0.25, 0.3) is 0 Å². The number of urea groups is 1. The molecular formula is C33H32N6O6S. The summed E-state index contributed by atoms with van der Waals surface area (Å²) in [6, 6.07) is 29.5. The third-order valence-electron chi connectivity index (χ3n) is 7.24. The molecule has 5 rings (SSSR count). The van der Waals surface area contributed by atoms with E-state index in [0.29, 0.717) is 17.1 Å². The lowest BCUT2D eigenvalue weighted by Gasteiger charge is -2.27. The quantitative estimate of drug-likeness (QED) is 0.266. The van der Waals surface area contributed by atoms with Gasteiger partial charge in [0.1, 0.15) is 12.6 Å². The molecule has 1 aliphatic heterocycles. The van der Waals surface area contributed by atoms with E-state index >= 15 is 0 Å². The number of benzene rings is 4. The Morgan fingerprint density at radius 1 is 0.848 bits per heavy atom. The van der Waals surface area contributed by atoms with Crippen molar-refractivity contribution in [2.45, 2.75) is 6.04 Å². The maximum Gasteiger partial charge on any atom is 0.319 e. The average Bonchev–Trinajstić information content (AvgIpc) is 3.15. The fourth-order valence-corrected chi connectivity index (χ4v) is 5.49. The first-order chi connectivity index (χ1) is 22.0. The van der Waals surface area contributed by atoms with Gasteiger partial charge in [-0.2, -0.15) is 0 Å². The summed E-state index contributed by atoms with van der Waals surface area (Å²) in [5.74, 6) is -1.70. The van der Waals surface area contributed by atoms with Crippen molar-refractivity contribution >= 4 is 62.2 Å². The summed E-state index contributed by atoms with van der Waals surface area (Å²) in [5.41, 5.74) is 2.81. The predicted molar refractivity (Wildman–Crippen MR) is 177 cm³/mol. The highest BCUT2D eigenvalue weighted by Crippen LogP contribution is 2.37. The molecule has 236 valence electrons. The number of hydrogen-bond donors (Lipinski definition) is 3. The molecule has 1 heterocycles. The molecule has 13 heteroatoms. The van der Waals surface area contributed by atoms with Crippen LogP contribution in [0, 0.1) is 0 Å². The summed E-state index contributed by atoms with van der Waals surface area (Å²) >= 11 is 0. The van der Waals surface area contributed by atoms with Gasteiger partial charge in [-0.3, -0.25) is 19.3 Å². The van der Waals surface area contributed by atoms with Crippen LogP contribution in [0.2, 0.25) is 0 Å². The van der Waals surface area contributed by atoms with E-state index in [9.17, 15) is 27.6 Å². The first kappa shape index (κ1) is 31.7. The number of nitrogens with zero attached hydrogens (tertiary/aromatic N) is 3. The fraction of sp³-hybridized carbons (Fsp3) is 0.152. The van der Waals surface area contributed by atoms with Crippen LogP contribution in [0.1, 0.15) is 10.4 Å². The van der Waals surface area contributed by atoms with Crippen LogP contribution in [0.15, 0.2) is 109 Å². The zero-order chi connectivity index (χ0) is 32.8. The number of hydrogen-bond acceptors (Lipinski definition) is 7. The van der Waals surface area contributed by atoms with Gasteiger partial charge in [-0.25, -0.2) is 17.9 Å². The molecule has 46 heavy (non-hydrogen) atoms. The second-order valence-electron chi connectivity index (χ2n) is 10.6. The highest BCUT2D eigenvalue weighted by Gasteiger charge is 2.36. The standard InChI is InChI=1S/C33H32N6O6S/c1-37(25-14-5-3-6-15-25)30(40)22-39-29-19-10-9-18-28(29)38(26-16-7-4-8-17-26)21-27(32(39)42)35-33(43)34-24-13-11-12-23(20-24)31(41)36-46(2,44)45/h3-20,27H,21-22H2,1-2H3,(H,36,41)(H2,34,35,43). The Bertz CT molecular complexity index is 1870. The molecule has 4 aromatic rings. The summed E-state index contributed by atoms with van der Waals surface area (Å²) in [6.45, 7) is -0.246. The minimum atomic E-state index is -3.80. The van der Waals surface area contributed by atoms with Gasteiger partial charge in [0.25, 0.3) is 11.8 Å². The van der Waals surface area contributed by atoms with Crippen LogP contribution >= 0.6 is 0 Å². The Morgan fingerprint density at radius 3 is 2.15 bits per heavy atom. The van der Waals surface area contributed by atoms with Crippen molar-refractivity contribution in [3.8, 4) is 0 Å². The zero-order valence-corrected chi connectivity index (χ0v) is 25.9. The highest BCUT2D eigenvalue weighted by atomic mass is 32.2. The lowest BCUT2D eigenvalue weighted by atomic mass is 10.2. The number of nitrogens with one attached hydrogen (secondary N) is 3. The maximum atomic E-state index is 14.2. The Balaban J connectivity index is 1.44. The number of rotatable bonds is 8. The van der Waals surface area contributed by atoms with E-state index in [1.165, 1.54) is 34.1 Å². The molecule has 5 amide bonds. The number of carbonyl (C=O) groups excluding carboxylic acids is 4. The van der Waals surface area contributed by atoms with E-state index in [2.05, 4.69) is 10.6 Å². The van der Waals surface area contributed by atoms with Gasteiger partial charge in [0.05, 0.1) is 24.2 Å². The number of amides is 5. The average molecular weight is 641 g/mol. The summed E-state index contributed by atoms with van der Waals surface area (Å²) in [7, 11) is -2.16. The first-order valence-corrected chi connectivity index (χ1v) is 16.1. The van der Waals surface area contributed by atoms with Gasteiger partial charge in [-0.15, -0.1) is 0 Å². The van der Waals surface area contributed by atoms with E-state index in [-0.39, 0.29) is 30.2 Å². The molecule has 0 aliphatic carbocycles. The van der Waals surface area contributed by atoms with Crippen LogP contribution in [-0.2, 0) is 19.6 Å². The molecule has 12 nitrogen and oxygen atoms in total. The second-order valence-corrected chi connectivity index (χ2v) is 12.3. The molecule has 0 saturated heterocycles. The van der Waals surface area contributed by atoms with Crippen molar-refractivity contribution in [1.29, 1.82) is 0 Å². The molecule has 1 atom stereocenters. The number of sulfonamides is 1. The second kappa shape index (κ2) is 13.5. The van der Waals surface area contributed by atoms with Crippen molar-refractivity contribution in [3.63, 3.8) is 0 Å². The molecule has 0 saturated carbocycles. The SMILES string of the molecule is CN(C(=O)CN1C(=O)C(NC(=O)Nc2cccc(C(=O)NS(C)(=O)=O)c2)CN(c2ccccc2)c2ccccc21)c1ccccc1. The van der Waals surface area contributed by atoms with Gasteiger partial charge >= 0.3 is 6.03 Å². The van der Waals surface area contributed by atoms with Crippen molar-refractivity contribution in [2.24, 2.45) is 0 Å². The monoisotopic (exact) mass is 640 g/mol. The zero-order valence-electron chi connectivity index (χ0n) is 25.1. The van der Waals surface area contributed by atoms with Crippen molar-refractivity contribution in [2.75, 3.05) is 46.4 Å². The smallest absolute Gasteiger partial charge is 0.319 e. The van der Waals surface area contributed by atoms with Gasteiger partial charge in [-0.05, 0) is 54.6 Å². The number of fused-ring (bicyclic) bond motifs is 1. The minimum Gasteiger partial charge on any atom is -0.337 e. The van der Waals surface area contributed by atoms with Gasteiger partial charge in [0.15, 0.2) is 0 Å². The molecule has 0 spiro atoms. The van der Waals surface area contributed by atoms with Gasteiger partial charge in [0, 0.05) is 29.7 Å². The molecule has 0 radical (unpaired) electrons. The fourth-order valence-electron chi connectivity index (χ4n) is 5.04. The number of para-hydroxylation sites is 4. The van der Waals surface area contributed by atoms with Crippen molar-refractivity contribution in [1.82, 2.24) is 10.0 Å². The molecule has 0 aromatic heterocycles. The highest BCUT2D eigenvalue weighted by molar-refractivity contribution is 7.89. The van der Waals surface area contributed by atoms with Gasteiger partial charge in [-0.1, -0.05) is 54.6 Å². The summed E-state index contributed by atoms with van der Waals surface area (Å²) in [5, 5.41) is 5.35. The Hall–Kier alpha value is -5.69. The lowest BCUT2D eigenvalue weighted by molar-refractivity contribution is -0.123. The molecule has 3 N–H and O–H groups in total. The normalized spacial score (nSPS) is 14.5. The van der Waals surface area contributed by atoms with E-state index in [0.717, 1.165) is 11.9 Å². The first-order valence-electron chi connectivity index (χ1n) is 14.2. The minimum absolute atomic E-state index is 0.00620. The van der Waals surface area contributed by atoms with Crippen LogP contribution in [0.5, 0.6) is 0 Å². The van der Waals surface area contributed by atoms with Crippen molar-refractivity contribution < 1.29 is 27.6 Å². The number of anilines is 5. The largest absolute Gasteiger partial charge is 0.337 e. The Kier molecular flexibility index (Phi) is 9.33. The van der Waals surface area contributed by atoms with E-state index in [4.69, 9.17) is 0 Å². The van der Waals surface area contributed by atoms with Gasteiger partial charge < -0.3 is 20.4 Å². The molecule has 1 aliphatic rings. The summed E-state index contributed by atoms with van der Waals surface area (Å²) < 4.78 is 24.9. The predicted octanol–water partition coefficient (Wildman–Crippen LogP) is 3.71. The molecule has 1 unspecified atom stereocenters. The summed E-state index contributed by atoms with van der Waals surface area (Å²) in [4.78, 5) is 58.1. The maximum absolute atomic E-state index is 14.2. The number of carbonyl (C=O) groups is 4. The van der Waals surface area contributed by atoms with E-state index in [1.54, 1.807) is 31.3 Å². The van der Waals surface area contributed by atoms with Crippen molar-refractivity contribution in [3.05, 3.63) is 115 Å². The third-order valence-corrected chi connectivity index (χ3v) is 7.79. The summed E-state index contributed by atoms with van der Waals surface area (Å²) in [6.07, 6.45) is 0.859. The van der Waals surface area contributed by atoms with Crippen LogP contribution in [0.4, 0.5) is 33.2 Å². The number of likely N-dealkylation sites (N-methyl/N-ethyl adjacent to an activating group) is 1. The molecule has 0 bridgehead atoms. The van der Waals surface area contributed by atoms with Crippen LogP contribution in [-0.4, -0.2) is 64.6 Å². The van der Waals surface area contributed by atoms with E-state index in [1.807, 2.05) is 70.3 Å². The Morgan fingerprint density at radius 2 is 1.48 bits per heavy atom. The van der Waals surface area contributed by atoms with Crippen LogP contribution < -0.4 is 30.1 Å². The molecule has 4 aromatic carbocycles. The molecule has 0 fully saturated rings. The lowest BCUT2D eigenvalue weighted by Crippen LogP contribution is -2.54. The van der Waals surface area contributed by atoms with Gasteiger partial charge in [0.2, 0.25) is 15.9 Å². The Labute approximate surface area is 266 Å².